The number of aliphatic hydroxyl groups excluding tert-OH is 1. The quantitative estimate of drug-likeness (QED) is 0.733. The minimum Gasteiger partial charge on any atom is -0.393 e. The first-order valence-corrected chi connectivity index (χ1v) is 5.08. The largest absolute Gasteiger partial charge is 0.393 e. The van der Waals surface area contributed by atoms with Crippen LogP contribution in [-0.2, 0) is 6.42 Å². The highest BCUT2D eigenvalue weighted by atomic mass is 16.3. The second-order valence-corrected chi connectivity index (χ2v) is 3.95. The third kappa shape index (κ3) is 2.10. The Morgan fingerprint density at radius 1 is 1.15 bits per heavy atom. The van der Waals surface area contributed by atoms with E-state index in [0.717, 1.165) is 12.8 Å². The van der Waals surface area contributed by atoms with Crippen molar-refractivity contribution in [2.45, 2.75) is 31.8 Å². The van der Waals surface area contributed by atoms with Gasteiger partial charge in [-0.2, -0.15) is 0 Å². The lowest BCUT2D eigenvalue weighted by Crippen LogP contribution is -2.15. The molecule has 2 rings (SSSR count). The molecular formula is C12H16O. The van der Waals surface area contributed by atoms with Crippen molar-refractivity contribution in [2.24, 2.45) is 5.92 Å². The predicted molar refractivity (Wildman–Crippen MR) is 53.5 cm³/mol. The number of hydrogen-bond acceptors (Lipinski definition) is 1. The van der Waals surface area contributed by atoms with E-state index in [1.165, 1.54) is 18.4 Å². The molecule has 1 nitrogen and oxygen atoms in total. The van der Waals surface area contributed by atoms with E-state index in [2.05, 4.69) is 24.3 Å². The third-order valence-corrected chi connectivity index (χ3v) is 2.96. The van der Waals surface area contributed by atoms with Crippen LogP contribution >= 0.6 is 0 Å². The molecule has 0 saturated heterocycles. The lowest BCUT2D eigenvalue weighted by Gasteiger charge is -2.13. The van der Waals surface area contributed by atoms with E-state index in [0.29, 0.717) is 5.92 Å². The van der Waals surface area contributed by atoms with Crippen LogP contribution in [0.1, 0.15) is 24.8 Å². The predicted octanol–water partition coefficient (Wildman–Crippen LogP) is 2.39. The summed E-state index contributed by atoms with van der Waals surface area (Å²) in [7, 11) is 0. The highest BCUT2D eigenvalue weighted by Crippen LogP contribution is 2.28. The maximum absolute atomic E-state index is 9.65. The van der Waals surface area contributed by atoms with Gasteiger partial charge < -0.3 is 5.11 Å². The van der Waals surface area contributed by atoms with Crippen molar-refractivity contribution < 1.29 is 5.11 Å². The van der Waals surface area contributed by atoms with Gasteiger partial charge in [0, 0.05) is 0 Å². The molecule has 0 unspecified atom stereocenters. The van der Waals surface area contributed by atoms with E-state index < -0.39 is 0 Å². The summed E-state index contributed by atoms with van der Waals surface area (Å²) < 4.78 is 0. The number of rotatable bonds is 2. The van der Waals surface area contributed by atoms with Crippen LogP contribution < -0.4 is 0 Å². The van der Waals surface area contributed by atoms with E-state index >= 15 is 0 Å². The summed E-state index contributed by atoms with van der Waals surface area (Å²) in [5.41, 5.74) is 1.36. The topological polar surface area (TPSA) is 20.2 Å². The first-order chi connectivity index (χ1) is 6.36. The standard InChI is InChI=1S/C12H16O/c13-12-8-4-7-11(12)9-10-5-2-1-3-6-10/h1-3,5-6,11-13H,4,7-9H2/t11-,12+/m0/s1. The van der Waals surface area contributed by atoms with E-state index in [4.69, 9.17) is 0 Å². The number of aliphatic hydroxyl groups is 1. The van der Waals surface area contributed by atoms with Crippen LogP contribution in [0.15, 0.2) is 30.3 Å². The number of hydrogen-bond donors (Lipinski definition) is 1. The fourth-order valence-electron chi connectivity index (χ4n) is 2.17. The van der Waals surface area contributed by atoms with E-state index in [9.17, 15) is 5.11 Å². The molecule has 0 aliphatic heterocycles. The maximum Gasteiger partial charge on any atom is 0.0571 e. The SMILES string of the molecule is O[C@@H]1CCC[C@H]1Cc1ccccc1. The monoisotopic (exact) mass is 176 g/mol. The van der Waals surface area contributed by atoms with Crippen molar-refractivity contribution >= 4 is 0 Å². The molecule has 1 aromatic carbocycles. The van der Waals surface area contributed by atoms with Crippen molar-refractivity contribution in [2.75, 3.05) is 0 Å². The average molecular weight is 176 g/mol. The van der Waals surface area contributed by atoms with Gasteiger partial charge in [-0.15, -0.1) is 0 Å². The number of benzene rings is 1. The summed E-state index contributed by atoms with van der Waals surface area (Å²) in [6, 6.07) is 10.5. The van der Waals surface area contributed by atoms with Gasteiger partial charge in [-0.05, 0) is 30.7 Å². The van der Waals surface area contributed by atoms with Crippen molar-refractivity contribution in [3.8, 4) is 0 Å². The van der Waals surface area contributed by atoms with Gasteiger partial charge in [0.25, 0.3) is 0 Å². The first-order valence-electron chi connectivity index (χ1n) is 5.08. The van der Waals surface area contributed by atoms with Crippen LogP contribution in [0.5, 0.6) is 0 Å². The molecule has 0 bridgehead atoms. The Hall–Kier alpha value is -0.820. The highest BCUT2D eigenvalue weighted by Gasteiger charge is 2.24. The van der Waals surface area contributed by atoms with E-state index in [1.54, 1.807) is 0 Å². The summed E-state index contributed by atoms with van der Waals surface area (Å²) in [4.78, 5) is 0. The molecule has 1 aromatic rings. The minimum absolute atomic E-state index is 0.0554. The lowest BCUT2D eigenvalue weighted by molar-refractivity contribution is 0.132. The Kier molecular flexibility index (Phi) is 2.65. The van der Waals surface area contributed by atoms with Gasteiger partial charge in [0.15, 0.2) is 0 Å². The van der Waals surface area contributed by atoms with Gasteiger partial charge in [0.1, 0.15) is 0 Å². The van der Waals surface area contributed by atoms with E-state index in [1.807, 2.05) is 6.07 Å². The Morgan fingerprint density at radius 2 is 1.92 bits per heavy atom. The molecule has 1 aliphatic rings. The Balaban J connectivity index is 1.98. The van der Waals surface area contributed by atoms with Crippen LogP contribution in [0.2, 0.25) is 0 Å². The zero-order valence-electron chi connectivity index (χ0n) is 7.82. The van der Waals surface area contributed by atoms with Gasteiger partial charge in [0.2, 0.25) is 0 Å². The summed E-state index contributed by atoms with van der Waals surface area (Å²) in [5.74, 6) is 0.502. The van der Waals surface area contributed by atoms with Crippen molar-refractivity contribution in [1.29, 1.82) is 0 Å². The first kappa shape index (κ1) is 8.76. The minimum atomic E-state index is -0.0554. The smallest absolute Gasteiger partial charge is 0.0571 e. The normalized spacial score (nSPS) is 27.8. The maximum atomic E-state index is 9.65. The molecule has 1 N–H and O–H groups in total. The molecule has 1 aliphatic carbocycles. The van der Waals surface area contributed by atoms with Gasteiger partial charge in [-0.3, -0.25) is 0 Å². The molecule has 0 aromatic heterocycles. The van der Waals surface area contributed by atoms with E-state index in [-0.39, 0.29) is 6.10 Å². The fraction of sp³-hybridized carbons (Fsp3) is 0.500. The summed E-state index contributed by atoms with van der Waals surface area (Å²) in [6.07, 6.45) is 4.37. The molecule has 13 heavy (non-hydrogen) atoms. The molecule has 0 radical (unpaired) electrons. The van der Waals surface area contributed by atoms with Gasteiger partial charge >= 0.3 is 0 Å². The van der Waals surface area contributed by atoms with Crippen LogP contribution in [0.4, 0.5) is 0 Å². The van der Waals surface area contributed by atoms with Gasteiger partial charge in [0.05, 0.1) is 6.10 Å². The molecule has 0 spiro atoms. The van der Waals surface area contributed by atoms with Crippen LogP contribution in [0, 0.1) is 5.92 Å². The summed E-state index contributed by atoms with van der Waals surface area (Å²) in [5, 5.41) is 9.65. The molecule has 0 heterocycles. The fourth-order valence-corrected chi connectivity index (χ4v) is 2.17. The van der Waals surface area contributed by atoms with Gasteiger partial charge in [-0.1, -0.05) is 36.8 Å². The van der Waals surface area contributed by atoms with Crippen molar-refractivity contribution in [3.05, 3.63) is 35.9 Å². The van der Waals surface area contributed by atoms with Crippen LogP contribution in [0.25, 0.3) is 0 Å². The van der Waals surface area contributed by atoms with Gasteiger partial charge in [-0.25, -0.2) is 0 Å². The van der Waals surface area contributed by atoms with Crippen LogP contribution in [-0.4, -0.2) is 11.2 Å². The Bertz CT molecular complexity index is 255. The molecule has 2 atom stereocenters. The Labute approximate surface area is 79.4 Å². The molecule has 70 valence electrons. The molecule has 1 heteroatoms. The highest BCUT2D eigenvalue weighted by molar-refractivity contribution is 5.15. The van der Waals surface area contributed by atoms with Crippen molar-refractivity contribution in [3.63, 3.8) is 0 Å². The molecule has 1 fully saturated rings. The van der Waals surface area contributed by atoms with Crippen LogP contribution in [0.3, 0.4) is 0 Å². The second-order valence-electron chi connectivity index (χ2n) is 3.95. The third-order valence-electron chi connectivity index (χ3n) is 2.96. The Morgan fingerprint density at radius 3 is 2.54 bits per heavy atom. The summed E-state index contributed by atoms with van der Waals surface area (Å²) >= 11 is 0. The molecule has 1 saturated carbocycles. The summed E-state index contributed by atoms with van der Waals surface area (Å²) in [6.45, 7) is 0. The molecular weight excluding hydrogens is 160 g/mol. The zero-order chi connectivity index (χ0) is 9.10. The second kappa shape index (κ2) is 3.93. The lowest BCUT2D eigenvalue weighted by atomic mass is 9.96. The average Bonchev–Trinajstić information content (AvgIpc) is 2.54. The zero-order valence-corrected chi connectivity index (χ0v) is 7.82. The molecule has 0 amide bonds. The van der Waals surface area contributed by atoms with Crippen molar-refractivity contribution in [1.82, 2.24) is 0 Å².